The summed E-state index contributed by atoms with van der Waals surface area (Å²) in [7, 11) is 0. The standard InChI is InChI=1S/C24H21F9O2.C22H22F6O.C16H19BrF4.C15H20F2.C6H4F2O.C4H5F3O2.2C4H9.CBr2F2.CH2O3.2K.2Li.H/c1-2-3-12-4-6-13(7-5-12)14-8-18(27)21(19(28)9-14)24(32,33)35-15-10-16(25)20(17(26)11-15)22(34)23(29,30)31;1-2-3-13-4-6-14(7-5-13)15-8-19(25)21(20(26)9-15)22(27,28)29-18-11-16(23)10-17(24)12-18;1-2-3-10-4-6-11(7-5-10)12-8-13(18)15(14(19)9-12)16(17,20)21;1-2-3-11-4-6-12(7-5-11)13-8-14(16)10-15(17)9-13;7-4-1-5(8)3-6(9)2-4;1-2-9-3(8)4(5,6)7;2*1-3-4-2;2-1(3,4)5;2-1-4-3;;;;;/h8-13H,2-7H2,1H3;8-14H,2-7H2,1H3;8-11H,2-7H2,1H3;8-12H,2-7H2,1H3;1-3,9H;2H2,1H3;2*1,3-4H2,2H3;;1,3H;;;;;/q;;;;;;2*-1;;;4*+1;-1/p-1. The van der Waals surface area contributed by atoms with Crippen LogP contribution in [0.4, 0.5) is 123 Å². The molecule has 9 nitrogen and oxygen atoms in total. The molecule has 0 radical (unpaired) electrons. The molecule has 0 bridgehead atoms. The fourth-order valence-corrected chi connectivity index (χ4v) is 16.0. The largest absolute Gasteiger partial charge is 1.00 e. The number of hydrogen-bond acceptors (Lipinski definition) is 9. The Kier molecular flexibility index (Phi) is 70.8. The first kappa shape index (κ1) is 142. The van der Waals surface area contributed by atoms with Crippen molar-refractivity contribution in [2.75, 3.05) is 6.61 Å². The molecule has 0 heterocycles. The summed E-state index contributed by atoms with van der Waals surface area (Å²) in [4.78, 5) is 28.4. The molecule has 4 fully saturated rings. The summed E-state index contributed by atoms with van der Waals surface area (Å²) in [5, 5.41) is 16.9. The molecule has 7 aromatic rings. The number of ketones is 1. The molecule has 0 unspecified atom stereocenters. The van der Waals surface area contributed by atoms with Crippen LogP contribution in [0.1, 0.15) is 303 Å². The number of carbonyl (C=O) groups excluding carboxylic acids is 3. The molecule has 0 atom stereocenters. The Hall–Kier alpha value is -3.54. The molecule has 44 heteroatoms. The van der Waals surface area contributed by atoms with Gasteiger partial charge in [-0.2, -0.15) is 74.3 Å². The Morgan fingerprint density at radius 2 is 0.603 bits per heavy atom. The number of esters is 1. The van der Waals surface area contributed by atoms with E-state index in [-0.39, 0.29) is 190 Å². The first-order valence-corrected chi connectivity index (χ1v) is 46.4. The maximum Gasteiger partial charge on any atom is 1.00 e. The summed E-state index contributed by atoms with van der Waals surface area (Å²) in [6.07, 6.45) is 8.67. The van der Waals surface area contributed by atoms with Crippen molar-refractivity contribution in [1.82, 2.24) is 0 Å². The molecule has 141 heavy (non-hydrogen) atoms. The topological polar surface area (TPSA) is 131 Å². The van der Waals surface area contributed by atoms with E-state index >= 15 is 0 Å². The minimum absolute atomic E-state index is 0. The van der Waals surface area contributed by atoms with Crippen LogP contribution in [0.25, 0.3) is 0 Å². The maximum absolute atomic E-state index is 14.6. The normalized spacial score (nSPS) is 17.6. The van der Waals surface area contributed by atoms with E-state index in [0.29, 0.717) is 71.9 Å². The molecule has 7 aromatic carbocycles. The number of carbonyl (C=O) groups is 3. The summed E-state index contributed by atoms with van der Waals surface area (Å²) in [5.41, 5.74) is -4.75. The number of alkyl halides is 17. The van der Waals surface area contributed by atoms with Crippen LogP contribution in [0, 0.1) is 119 Å². The van der Waals surface area contributed by atoms with E-state index in [9.17, 15) is 133 Å². The first-order valence-electron chi connectivity index (χ1n) is 44.0. The van der Waals surface area contributed by atoms with E-state index in [2.05, 4.69) is 74.5 Å². The smallest absolute Gasteiger partial charge is 1.00 e. The van der Waals surface area contributed by atoms with Crippen LogP contribution in [-0.2, 0) is 36.3 Å². The Morgan fingerprint density at radius 1 is 0.376 bits per heavy atom. The van der Waals surface area contributed by atoms with Crippen LogP contribution in [-0.4, -0.2) is 46.0 Å². The van der Waals surface area contributed by atoms with Gasteiger partial charge in [0, 0.05) is 86.5 Å². The second-order valence-corrected chi connectivity index (χ2v) is 36.5. The molecular formula is C97H111Br3F28K2Li2O9. The number of unbranched alkanes of at least 4 members (excludes halogenated alkanes) is 2. The van der Waals surface area contributed by atoms with Gasteiger partial charge in [-0.15, -0.1) is 0 Å². The van der Waals surface area contributed by atoms with E-state index in [1.807, 2.05) is 47.8 Å². The van der Waals surface area contributed by atoms with Crippen LogP contribution in [0.15, 0.2) is 103 Å². The number of benzene rings is 7. The number of rotatable bonds is 24. The van der Waals surface area contributed by atoms with E-state index < -0.39 is 166 Å². The Balaban J connectivity index is -0.000000806. The predicted molar refractivity (Wildman–Crippen MR) is 471 cm³/mol. The molecule has 11 rings (SSSR count). The van der Waals surface area contributed by atoms with E-state index in [1.54, 1.807) is 0 Å². The number of halogens is 31. The number of hydrogen-bond donors (Lipinski definition) is 1. The predicted octanol–water partition coefficient (Wildman–Crippen LogP) is 22.1. The van der Waals surface area contributed by atoms with E-state index in [4.69, 9.17) is 15.2 Å². The molecule has 774 valence electrons. The van der Waals surface area contributed by atoms with Gasteiger partial charge in [0.05, 0.1) is 12.2 Å². The average molecular weight is 2280 g/mol. The molecule has 4 saturated carbocycles. The van der Waals surface area contributed by atoms with Crippen molar-refractivity contribution in [1.29, 1.82) is 0 Å². The van der Waals surface area contributed by atoms with Crippen LogP contribution in [0.5, 0.6) is 17.2 Å². The molecular weight excluding hydrogens is 2170 g/mol. The average Bonchev–Trinajstić information content (AvgIpc) is 0.767. The monoisotopic (exact) mass is 2280 g/mol. The van der Waals surface area contributed by atoms with Crippen molar-refractivity contribution in [2.24, 2.45) is 23.7 Å². The second-order valence-electron chi connectivity index (χ2n) is 32.4. The number of ether oxygens (including phenoxy) is 3. The summed E-state index contributed by atoms with van der Waals surface area (Å²) >= 11 is 5.94. The van der Waals surface area contributed by atoms with Crippen molar-refractivity contribution in [3.05, 3.63) is 243 Å². The summed E-state index contributed by atoms with van der Waals surface area (Å²) < 4.78 is 376. The quantitative estimate of drug-likeness (QED) is 0.00723. The summed E-state index contributed by atoms with van der Waals surface area (Å²) in [6.45, 7) is 20.8. The molecule has 0 aromatic heterocycles. The molecule has 0 amide bonds. The Bertz CT molecular complexity index is 4590. The van der Waals surface area contributed by atoms with Crippen LogP contribution >= 0.6 is 47.8 Å². The first-order chi connectivity index (χ1) is 63.8. The van der Waals surface area contributed by atoms with Crippen molar-refractivity contribution < 1.29 is 309 Å². The zero-order valence-corrected chi connectivity index (χ0v) is 90.9. The number of phenols is 1. The van der Waals surface area contributed by atoms with Crippen molar-refractivity contribution in [3.8, 4) is 17.2 Å². The van der Waals surface area contributed by atoms with Gasteiger partial charge in [0.15, 0.2) is 0 Å². The zero-order valence-electron chi connectivity index (χ0n) is 80.9. The number of aromatic hydroxyl groups is 1. The van der Waals surface area contributed by atoms with Crippen molar-refractivity contribution in [2.45, 2.75) is 285 Å². The van der Waals surface area contributed by atoms with Gasteiger partial charge >= 0.3 is 180 Å². The third-order valence-corrected chi connectivity index (χ3v) is 22.3. The fourth-order valence-electron chi connectivity index (χ4n) is 15.6. The van der Waals surface area contributed by atoms with Crippen molar-refractivity contribution >= 4 is 66.0 Å². The Labute approximate surface area is 939 Å². The summed E-state index contributed by atoms with van der Waals surface area (Å²) in [5.74, 6) is -22.5. The van der Waals surface area contributed by atoms with E-state index in [1.165, 1.54) is 64.0 Å². The molecule has 0 aliphatic heterocycles. The molecule has 1 N–H and O–H groups in total. The molecule has 0 spiro atoms. The van der Waals surface area contributed by atoms with Gasteiger partial charge in [-0.05, 0) is 244 Å². The van der Waals surface area contributed by atoms with Gasteiger partial charge in [-0.25, -0.2) is 66.3 Å². The fraction of sp³-hybridized carbons (Fsp3) is 0.515. The Morgan fingerprint density at radius 3 is 0.801 bits per heavy atom. The molecule has 0 saturated heterocycles. The van der Waals surface area contributed by atoms with Crippen LogP contribution < -0.4 is 155 Å². The van der Waals surface area contributed by atoms with Gasteiger partial charge in [-0.3, -0.25) is 9.59 Å². The molecule has 4 aliphatic carbocycles. The van der Waals surface area contributed by atoms with E-state index in [0.717, 1.165) is 188 Å². The van der Waals surface area contributed by atoms with Gasteiger partial charge in [0.1, 0.15) is 115 Å². The van der Waals surface area contributed by atoms with Crippen LogP contribution in [0.2, 0.25) is 0 Å². The van der Waals surface area contributed by atoms with Crippen molar-refractivity contribution in [3.63, 3.8) is 0 Å². The van der Waals surface area contributed by atoms with Crippen LogP contribution in [0.3, 0.4) is 0 Å². The van der Waals surface area contributed by atoms with Gasteiger partial charge in [0.2, 0.25) is 0 Å². The minimum Gasteiger partial charge on any atom is -1.00 e. The SMILES string of the molecule is CCCC1CCC(c2cc(F)c(C(F)(F)Br)c(F)c2)CC1.CCCC1CCC(c2cc(F)c(C(F)(F)Oc3cc(F)c(C(=O)C(F)(F)F)c(F)c3)c(F)c2)CC1.CCCC1CCC(c2cc(F)c(C(F)(F)Oc3cc(F)cc(F)c3)c(F)c2)CC1.CCCC1CCC(c2cc(F)cc(F)c2)CC1.CCOC(=O)C(F)(F)F.FC(F)(Br)Br.O=CO[O-].Oc1cc(F)cc(F)c1.[CH2-]CCC.[CH2-]CCC.[H-].[K+].[K+].[Li+].[Li+]. The third-order valence-electron chi connectivity index (χ3n) is 21.9. The number of phenolic OH excluding ortho intramolecular Hbond substituents is 1. The minimum atomic E-state index is -5.63. The summed E-state index contributed by atoms with van der Waals surface area (Å²) in [6, 6.07) is 13.1. The number of Topliss-reactive ketones (excluding diaryl/α,β-unsaturated/α-hetero) is 1. The van der Waals surface area contributed by atoms with Gasteiger partial charge in [0.25, 0.3) is 12.3 Å². The zero-order chi connectivity index (χ0) is 104. The maximum atomic E-state index is 14.6. The van der Waals surface area contributed by atoms with Gasteiger partial charge in [-0.1, -0.05) is 106 Å². The molecule has 4 aliphatic rings. The van der Waals surface area contributed by atoms with Gasteiger partial charge < -0.3 is 44.7 Å². The third kappa shape index (κ3) is 53.6. The second kappa shape index (κ2) is 70.5.